The third kappa shape index (κ3) is 3.71. The van der Waals surface area contributed by atoms with Crippen molar-refractivity contribution in [3.05, 3.63) is 46.0 Å². The van der Waals surface area contributed by atoms with Gasteiger partial charge in [0.1, 0.15) is 4.70 Å². The maximum Gasteiger partial charge on any atom is 0.270 e. The number of anilines is 2. The standard InChI is InChI=1S/C19H21N5O2S/c1-11-6-12(2)8-14(7-11)22-17(25)13-4-3-5-24(9-13)19-23-16-15(27-19)18(26)21-10-20-16/h6-8,10,13H,3-5,9H2,1-2H3,(H,22,25)(H,20,21,26)/t13-/m1/s1. The summed E-state index contributed by atoms with van der Waals surface area (Å²) in [6.45, 7) is 5.46. The summed E-state index contributed by atoms with van der Waals surface area (Å²) < 4.78 is 0.523. The molecule has 1 fully saturated rings. The van der Waals surface area contributed by atoms with Crippen molar-refractivity contribution in [1.29, 1.82) is 0 Å². The van der Waals surface area contributed by atoms with Crippen LogP contribution in [-0.2, 0) is 4.79 Å². The Kier molecular flexibility index (Phi) is 4.65. The largest absolute Gasteiger partial charge is 0.347 e. The van der Waals surface area contributed by atoms with E-state index in [1.807, 2.05) is 26.0 Å². The molecule has 1 aliphatic heterocycles. The molecule has 27 heavy (non-hydrogen) atoms. The molecule has 0 aliphatic carbocycles. The molecule has 140 valence electrons. The first-order valence-corrected chi connectivity index (χ1v) is 9.79. The fourth-order valence-corrected chi connectivity index (χ4v) is 4.50. The van der Waals surface area contributed by atoms with Gasteiger partial charge in [0.25, 0.3) is 5.56 Å². The minimum absolute atomic E-state index is 0.0294. The summed E-state index contributed by atoms with van der Waals surface area (Å²) in [5, 5.41) is 3.80. The molecule has 0 radical (unpaired) electrons. The number of rotatable bonds is 3. The molecule has 1 saturated heterocycles. The van der Waals surface area contributed by atoms with Gasteiger partial charge < -0.3 is 15.2 Å². The summed E-state index contributed by atoms with van der Waals surface area (Å²) in [7, 11) is 0. The minimum atomic E-state index is -0.176. The number of nitrogens with zero attached hydrogens (tertiary/aromatic N) is 3. The van der Waals surface area contributed by atoms with Crippen LogP contribution in [0.3, 0.4) is 0 Å². The molecule has 4 rings (SSSR count). The van der Waals surface area contributed by atoms with Gasteiger partial charge in [-0.3, -0.25) is 9.59 Å². The van der Waals surface area contributed by atoms with Gasteiger partial charge in [-0.25, -0.2) is 4.98 Å². The van der Waals surface area contributed by atoms with Crippen molar-refractivity contribution in [2.75, 3.05) is 23.3 Å². The normalized spacial score (nSPS) is 17.3. The molecule has 0 bridgehead atoms. The number of aromatic nitrogens is 3. The van der Waals surface area contributed by atoms with E-state index >= 15 is 0 Å². The van der Waals surface area contributed by atoms with Crippen molar-refractivity contribution in [1.82, 2.24) is 15.0 Å². The van der Waals surface area contributed by atoms with Gasteiger partial charge in [0.05, 0.1) is 12.2 Å². The molecule has 3 heterocycles. The van der Waals surface area contributed by atoms with E-state index in [1.165, 1.54) is 17.7 Å². The molecule has 1 aromatic carbocycles. The molecule has 1 atom stereocenters. The monoisotopic (exact) mass is 383 g/mol. The van der Waals surface area contributed by atoms with E-state index in [-0.39, 0.29) is 17.4 Å². The average Bonchev–Trinajstić information content (AvgIpc) is 3.07. The molecule has 0 unspecified atom stereocenters. The van der Waals surface area contributed by atoms with Crippen LogP contribution in [0.2, 0.25) is 0 Å². The molecule has 3 aromatic rings. The highest BCUT2D eigenvalue weighted by Crippen LogP contribution is 2.29. The maximum absolute atomic E-state index is 12.8. The van der Waals surface area contributed by atoms with Crippen LogP contribution in [0.4, 0.5) is 10.8 Å². The zero-order valence-electron chi connectivity index (χ0n) is 15.3. The van der Waals surface area contributed by atoms with Crippen LogP contribution in [-0.4, -0.2) is 33.9 Å². The zero-order chi connectivity index (χ0) is 19.0. The van der Waals surface area contributed by atoms with Crippen LogP contribution in [0.5, 0.6) is 0 Å². The fraction of sp³-hybridized carbons (Fsp3) is 0.368. The highest BCUT2D eigenvalue weighted by Gasteiger charge is 2.28. The number of piperidine rings is 1. The zero-order valence-corrected chi connectivity index (χ0v) is 16.1. The number of hydrogen-bond acceptors (Lipinski definition) is 6. The van der Waals surface area contributed by atoms with E-state index in [0.717, 1.165) is 41.3 Å². The van der Waals surface area contributed by atoms with Crippen LogP contribution in [0.25, 0.3) is 10.3 Å². The Bertz CT molecular complexity index is 1040. The summed E-state index contributed by atoms with van der Waals surface area (Å²) in [6, 6.07) is 6.05. The van der Waals surface area contributed by atoms with Crippen LogP contribution in [0.15, 0.2) is 29.3 Å². The summed E-state index contributed by atoms with van der Waals surface area (Å²) >= 11 is 1.33. The van der Waals surface area contributed by atoms with Crippen molar-refractivity contribution < 1.29 is 4.79 Å². The van der Waals surface area contributed by atoms with Crippen LogP contribution in [0, 0.1) is 19.8 Å². The SMILES string of the molecule is Cc1cc(C)cc(NC(=O)[C@@H]2CCCN(c3nc4nc[nH]c(=O)c4s3)C2)c1. The number of aryl methyl sites for hydroxylation is 2. The fourth-order valence-electron chi connectivity index (χ4n) is 3.55. The van der Waals surface area contributed by atoms with Gasteiger partial charge in [-0.1, -0.05) is 17.4 Å². The molecular weight excluding hydrogens is 362 g/mol. The number of nitrogens with one attached hydrogen (secondary N) is 2. The lowest BCUT2D eigenvalue weighted by atomic mass is 9.97. The minimum Gasteiger partial charge on any atom is -0.347 e. The topological polar surface area (TPSA) is 91.0 Å². The van der Waals surface area contributed by atoms with Gasteiger partial charge in [0.15, 0.2) is 10.8 Å². The maximum atomic E-state index is 12.8. The van der Waals surface area contributed by atoms with Gasteiger partial charge in [-0.15, -0.1) is 0 Å². The second-order valence-electron chi connectivity index (χ2n) is 7.03. The van der Waals surface area contributed by atoms with E-state index in [9.17, 15) is 9.59 Å². The number of fused-ring (bicyclic) bond motifs is 1. The lowest BCUT2D eigenvalue weighted by molar-refractivity contribution is -0.120. The summed E-state index contributed by atoms with van der Waals surface area (Å²) in [5.74, 6) is -0.0837. The Hall–Kier alpha value is -2.74. The van der Waals surface area contributed by atoms with Crippen molar-refractivity contribution in [2.45, 2.75) is 26.7 Å². The Morgan fingerprint density at radius 2 is 2.07 bits per heavy atom. The molecule has 8 heteroatoms. The third-order valence-electron chi connectivity index (χ3n) is 4.74. The van der Waals surface area contributed by atoms with E-state index in [4.69, 9.17) is 0 Å². The smallest absolute Gasteiger partial charge is 0.270 e. The molecule has 2 aromatic heterocycles. The number of carbonyl (C=O) groups is 1. The van der Waals surface area contributed by atoms with E-state index in [0.29, 0.717) is 16.9 Å². The van der Waals surface area contributed by atoms with Gasteiger partial charge >= 0.3 is 0 Å². The first-order chi connectivity index (χ1) is 13.0. The van der Waals surface area contributed by atoms with Crippen LogP contribution in [0.1, 0.15) is 24.0 Å². The van der Waals surface area contributed by atoms with Crippen molar-refractivity contribution in [3.8, 4) is 0 Å². The van der Waals surface area contributed by atoms with Crippen molar-refractivity contribution in [3.63, 3.8) is 0 Å². The number of benzene rings is 1. The van der Waals surface area contributed by atoms with Crippen molar-refractivity contribution in [2.24, 2.45) is 5.92 Å². The number of carbonyl (C=O) groups excluding carboxylic acids is 1. The molecule has 2 N–H and O–H groups in total. The molecular formula is C19H21N5O2S. The first-order valence-electron chi connectivity index (χ1n) is 8.98. The van der Waals surface area contributed by atoms with Crippen molar-refractivity contribution >= 4 is 38.4 Å². The number of H-pyrrole nitrogens is 1. The number of amides is 1. The van der Waals surface area contributed by atoms with Crippen LogP contribution < -0.4 is 15.8 Å². The van der Waals surface area contributed by atoms with Gasteiger partial charge in [-0.2, -0.15) is 4.98 Å². The molecule has 0 saturated carbocycles. The number of aromatic amines is 1. The molecule has 0 spiro atoms. The average molecular weight is 383 g/mol. The quantitative estimate of drug-likeness (QED) is 0.726. The van der Waals surface area contributed by atoms with Gasteiger partial charge in [-0.05, 0) is 49.9 Å². The summed E-state index contributed by atoms with van der Waals surface area (Å²) in [5.41, 5.74) is 3.38. The molecule has 1 amide bonds. The first kappa shape index (κ1) is 17.7. The lowest BCUT2D eigenvalue weighted by Crippen LogP contribution is -2.40. The number of thiazole rings is 1. The second-order valence-corrected chi connectivity index (χ2v) is 8.01. The van der Waals surface area contributed by atoms with E-state index in [1.54, 1.807) is 0 Å². The summed E-state index contributed by atoms with van der Waals surface area (Å²) in [6.07, 6.45) is 3.12. The highest BCUT2D eigenvalue weighted by molar-refractivity contribution is 7.22. The second kappa shape index (κ2) is 7.11. The Morgan fingerprint density at radius 3 is 2.81 bits per heavy atom. The highest BCUT2D eigenvalue weighted by atomic mass is 32.1. The Balaban J connectivity index is 1.50. The Morgan fingerprint density at radius 1 is 1.30 bits per heavy atom. The van der Waals surface area contributed by atoms with Gasteiger partial charge in [0.2, 0.25) is 5.91 Å². The van der Waals surface area contributed by atoms with E-state index in [2.05, 4.69) is 31.2 Å². The van der Waals surface area contributed by atoms with Gasteiger partial charge in [0, 0.05) is 18.8 Å². The summed E-state index contributed by atoms with van der Waals surface area (Å²) in [4.78, 5) is 37.9. The van der Waals surface area contributed by atoms with Crippen LogP contribution >= 0.6 is 11.3 Å². The third-order valence-corrected chi connectivity index (χ3v) is 5.84. The molecule has 7 nitrogen and oxygen atoms in total. The molecule has 1 aliphatic rings. The predicted molar refractivity (Wildman–Crippen MR) is 108 cm³/mol. The van der Waals surface area contributed by atoms with E-state index < -0.39 is 0 Å². The predicted octanol–water partition coefficient (Wildman–Crippen LogP) is 2.85. The Labute approximate surface area is 160 Å². The number of hydrogen-bond donors (Lipinski definition) is 2. The lowest BCUT2D eigenvalue weighted by Gasteiger charge is -2.31.